The van der Waals surface area contributed by atoms with Gasteiger partial charge in [0.2, 0.25) is 0 Å². The number of carbonyl (C=O) groups is 2. The van der Waals surface area contributed by atoms with Crippen LogP contribution in [0.1, 0.15) is 46.4 Å². The van der Waals surface area contributed by atoms with Crippen LogP contribution in [0, 0.1) is 0 Å². The number of aromatic nitrogens is 2. The second kappa shape index (κ2) is 14.5. The molecule has 0 aliphatic heterocycles. The molecule has 0 atom stereocenters. The van der Waals surface area contributed by atoms with E-state index in [1.807, 2.05) is 109 Å². The van der Waals surface area contributed by atoms with Crippen molar-refractivity contribution >= 4 is 56.8 Å². The van der Waals surface area contributed by atoms with Gasteiger partial charge in [0.15, 0.2) is 0 Å². The number of para-hydroxylation sites is 2. The Morgan fingerprint density at radius 2 is 0.913 bits per heavy atom. The molecule has 0 aliphatic carbocycles. The molecule has 0 saturated carbocycles. The number of amides is 2. The third kappa shape index (κ3) is 7.36. The number of hydrogen-bond donors (Lipinski definition) is 2. The van der Waals surface area contributed by atoms with Gasteiger partial charge in [0, 0.05) is 45.0 Å². The van der Waals surface area contributed by atoms with Gasteiger partial charge in [0.1, 0.15) is 0 Å². The van der Waals surface area contributed by atoms with E-state index in [9.17, 15) is 9.59 Å². The summed E-state index contributed by atoms with van der Waals surface area (Å²) in [5.74, 6) is -0.243. The Morgan fingerprint density at radius 1 is 0.522 bits per heavy atom. The predicted molar refractivity (Wildman–Crippen MR) is 188 cm³/mol. The summed E-state index contributed by atoms with van der Waals surface area (Å²) in [6.07, 6.45) is 3.54. The van der Waals surface area contributed by atoms with Crippen LogP contribution >= 0.6 is 23.2 Å². The molecule has 0 aliphatic rings. The van der Waals surface area contributed by atoms with Crippen molar-refractivity contribution in [3.63, 3.8) is 0 Å². The molecule has 2 N–H and O–H groups in total. The third-order valence-electron chi connectivity index (χ3n) is 7.88. The van der Waals surface area contributed by atoms with Gasteiger partial charge in [-0.05, 0) is 61.4 Å². The van der Waals surface area contributed by atoms with E-state index in [1.165, 1.54) is 0 Å². The number of fused-ring (bicyclic) bond motifs is 2. The summed E-state index contributed by atoms with van der Waals surface area (Å²) in [6.45, 7) is 1.13. The molecule has 2 heterocycles. The van der Waals surface area contributed by atoms with Gasteiger partial charge in [-0.1, -0.05) is 96.7 Å². The maximum absolute atomic E-state index is 13.2. The second-order valence-corrected chi connectivity index (χ2v) is 12.0. The fourth-order valence-corrected chi connectivity index (χ4v) is 5.71. The van der Waals surface area contributed by atoms with E-state index in [2.05, 4.69) is 10.6 Å². The van der Waals surface area contributed by atoms with Crippen LogP contribution < -0.4 is 10.6 Å². The molecule has 2 aromatic heterocycles. The lowest BCUT2D eigenvalue weighted by atomic mass is 10.0. The van der Waals surface area contributed by atoms with Crippen molar-refractivity contribution in [2.24, 2.45) is 0 Å². The highest BCUT2D eigenvalue weighted by Crippen LogP contribution is 2.27. The third-order valence-corrected chi connectivity index (χ3v) is 8.38. The molecule has 6 nitrogen and oxygen atoms in total. The summed E-state index contributed by atoms with van der Waals surface area (Å²) in [5.41, 5.74) is 5.98. The van der Waals surface area contributed by atoms with Crippen molar-refractivity contribution in [2.75, 3.05) is 13.1 Å². The molecule has 230 valence electrons. The van der Waals surface area contributed by atoms with Crippen molar-refractivity contribution in [1.29, 1.82) is 0 Å². The first-order valence-electron chi connectivity index (χ1n) is 15.3. The van der Waals surface area contributed by atoms with Gasteiger partial charge in [-0.25, -0.2) is 9.97 Å². The summed E-state index contributed by atoms with van der Waals surface area (Å²) in [5, 5.41) is 9.08. The van der Waals surface area contributed by atoms with Crippen LogP contribution in [0.25, 0.3) is 44.3 Å². The van der Waals surface area contributed by atoms with Gasteiger partial charge in [0.05, 0.1) is 33.5 Å². The Bertz CT molecular complexity index is 1860. The second-order valence-electron chi connectivity index (χ2n) is 11.1. The summed E-state index contributed by atoms with van der Waals surface area (Å²) in [6, 6.07) is 33.9. The zero-order chi connectivity index (χ0) is 31.9. The quantitative estimate of drug-likeness (QED) is 0.137. The number of nitrogens with one attached hydrogen (secondary N) is 2. The van der Waals surface area contributed by atoms with Crippen molar-refractivity contribution < 1.29 is 9.59 Å². The van der Waals surface area contributed by atoms with Gasteiger partial charge in [0.25, 0.3) is 11.8 Å². The normalized spacial score (nSPS) is 11.1. The number of halogens is 2. The van der Waals surface area contributed by atoms with Crippen molar-refractivity contribution in [2.45, 2.75) is 25.7 Å². The van der Waals surface area contributed by atoms with Crippen LogP contribution in [0.2, 0.25) is 10.0 Å². The van der Waals surface area contributed by atoms with Crippen molar-refractivity contribution in [3.05, 3.63) is 130 Å². The molecular weight excluding hydrogens is 615 g/mol. The Balaban J connectivity index is 1.00. The summed E-state index contributed by atoms with van der Waals surface area (Å²) in [7, 11) is 0. The van der Waals surface area contributed by atoms with E-state index in [4.69, 9.17) is 33.2 Å². The van der Waals surface area contributed by atoms with E-state index in [-0.39, 0.29) is 11.8 Å². The first kappa shape index (κ1) is 31.2. The SMILES string of the molecule is O=C(NCCCCCCNC(=O)c1cc(-c2ccc(Cl)cc2)nc2ccccc12)c1cc(-c2ccc(Cl)cc2)nc2ccccc12. The lowest BCUT2D eigenvalue weighted by Gasteiger charge is -2.11. The highest BCUT2D eigenvalue weighted by Gasteiger charge is 2.15. The summed E-state index contributed by atoms with van der Waals surface area (Å²) in [4.78, 5) is 36.0. The largest absolute Gasteiger partial charge is 0.352 e. The van der Waals surface area contributed by atoms with Gasteiger partial charge in [-0.2, -0.15) is 0 Å². The van der Waals surface area contributed by atoms with Gasteiger partial charge >= 0.3 is 0 Å². The number of hydrogen-bond acceptors (Lipinski definition) is 4. The van der Waals surface area contributed by atoms with E-state index >= 15 is 0 Å². The average Bonchev–Trinajstić information content (AvgIpc) is 3.08. The molecule has 46 heavy (non-hydrogen) atoms. The fourth-order valence-electron chi connectivity index (χ4n) is 5.46. The van der Waals surface area contributed by atoms with E-state index < -0.39 is 0 Å². The standard InChI is InChI=1S/C38H32Cl2N4O2/c39-27-17-13-25(14-18-27)35-23-31(29-9-3-5-11-33(29)43-35)37(45)41-21-7-1-2-8-22-42-38(46)32-24-36(26-15-19-28(40)20-16-26)44-34-12-6-4-10-30(32)34/h3-6,9-20,23-24H,1-2,7-8,21-22H2,(H,41,45)(H,42,46). The molecular formula is C38H32Cl2N4O2. The van der Waals surface area contributed by atoms with Crippen LogP contribution in [-0.2, 0) is 0 Å². The molecule has 6 aromatic rings. The molecule has 0 spiro atoms. The van der Waals surface area contributed by atoms with Crippen LogP contribution in [0.3, 0.4) is 0 Å². The first-order valence-corrected chi connectivity index (χ1v) is 16.1. The van der Waals surface area contributed by atoms with Crippen LogP contribution in [0.15, 0.2) is 109 Å². The van der Waals surface area contributed by atoms with Gasteiger partial charge < -0.3 is 10.6 Å². The Labute approximate surface area is 277 Å². The van der Waals surface area contributed by atoms with Crippen molar-refractivity contribution in [3.8, 4) is 22.5 Å². The minimum Gasteiger partial charge on any atom is -0.352 e. The van der Waals surface area contributed by atoms with Crippen LogP contribution in [-0.4, -0.2) is 34.9 Å². The predicted octanol–water partition coefficient (Wildman–Crippen LogP) is 9.14. The molecule has 2 amide bonds. The highest BCUT2D eigenvalue weighted by molar-refractivity contribution is 6.31. The van der Waals surface area contributed by atoms with Gasteiger partial charge in [-0.15, -0.1) is 0 Å². The fraction of sp³-hybridized carbons (Fsp3) is 0.158. The Hall–Kier alpha value is -4.78. The first-order chi connectivity index (χ1) is 22.5. The topological polar surface area (TPSA) is 84.0 Å². The van der Waals surface area contributed by atoms with E-state index in [0.717, 1.165) is 70.0 Å². The van der Waals surface area contributed by atoms with Crippen LogP contribution in [0.5, 0.6) is 0 Å². The molecule has 0 radical (unpaired) electrons. The monoisotopic (exact) mass is 646 g/mol. The Morgan fingerprint density at radius 3 is 1.33 bits per heavy atom. The number of pyridine rings is 2. The lowest BCUT2D eigenvalue weighted by Crippen LogP contribution is -2.25. The zero-order valence-electron chi connectivity index (χ0n) is 25.1. The number of benzene rings is 4. The van der Waals surface area contributed by atoms with Crippen LogP contribution in [0.4, 0.5) is 0 Å². The molecule has 4 aromatic carbocycles. The molecule has 0 unspecified atom stereocenters. The maximum Gasteiger partial charge on any atom is 0.252 e. The van der Waals surface area contributed by atoms with E-state index in [1.54, 1.807) is 0 Å². The molecule has 6 rings (SSSR count). The highest BCUT2D eigenvalue weighted by atomic mass is 35.5. The molecule has 0 bridgehead atoms. The minimum absolute atomic E-state index is 0.122. The number of unbranched alkanes of at least 4 members (excludes halogenated alkanes) is 3. The number of carbonyl (C=O) groups excluding carboxylic acids is 2. The smallest absolute Gasteiger partial charge is 0.252 e. The van der Waals surface area contributed by atoms with Gasteiger partial charge in [-0.3, -0.25) is 9.59 Å². The molecule has 0 saturated heterocycles. The summed E-state index contributed by atoms with van der Waals surface area (Å²) < 4.78 is 0. The molecule has 0 fully saturated rings. The number of rotatable bonds is 11. The van der Waals surface area contributed by atoms with E-state index in [0.29, 0.717) is 34.3 Å². The van der Waals surface area contributed by atoms with Crippen molar-refractivity contribution in [1.82, 2.24) is 20.6 Å². The minimum atomic E-state index is -0.122. The zero-order valence-corrected chi connectivity index (χ0v) is 26.6. The Kier molecular flexibility index (Phi) is 9.87. The number of nitrogens with zero attached hydrogens (tertiary/aromatic N) is 2. The molecule has 8 heteroatoms. The average molecular weight is 648 g/mol. The summed E-state index contributed by atoms with van der Waals surface area (Å²) >= 11 is 12.1. The maximum atomic E-state index is 13.2. The lowest BCUT2D eigenvalue weighted by molar-refractivity contribution is 0.0945.